The van der Waals surface area contributed by atoms with Crippen molar-refractivity contribution in [1.29, 1.82) is 0 Å². The van der Waals surface area contributed by atoms with Crippen molar-refractivity contribution in [2.24, 2.45) is 0 Å². The SMILES string of the molecule is CCO[C@@H](Cc1ccc(OCCc2ccc(N)cc2)cc1)C(=O)O.CCO[C@@H](Cc1ccc(OCCc2ccc(NS(=O)(=O)c3cc(Cl)c(Cl)cc3Cl)cc2)cc1)C(=O)O.Cl. The highest BCUT2D eigenvalue weighted by Crippen LogP contribution is 2.32. The normalized spacial score (nSPS) is 11.9. The van der Waals surface area contributed by atoms with Crippen LogP contribution in [-0.4, -0.2) is 69.2 Å². The Bertz CT molecular complexity index is 2250. The van der Waals surface area contributed by atoms with Gasteiger partial charge in [-0.05, 0) is 96.8 Å². The van der Waals surface area contributed by atoms with E-state index in [1.807, 2.05) is 60.7 Å². The van der Waals surface area contributed by atoms with E-state index >= 15 is 0 Å². The molecule has 0 heterocycles. The van der Waals surface area contributed by atoms with Crippen LogP contribution >= 0.6 is 47.2 Å². The van der Waals surface area contributed by atoms with Crippen molar-refractivity contribution in [1.82, 2.24) is 0 Å². The minimum Gasteiger partial charge on any atom is -0.493 e. The maximum atomic E-state index is 12.7. The summed E-state index contributed by atoms with van der Waals surface area (Å²) >= 11 is 17.8. The molecule has 0 bridgehead atoms. The number of carboxylic acids is 2. The van der Waals surface area contributed by atoms with Crippen LogP contribution in [0.3, 0.4) is 0 Å². The molecule has 0 fully saturated rings. The molecule has 5 N–H and O–H groups in total. The number of nitrogen functional groups attached to an aromatic ring is 1. The lowest BCUT2D eigenvalue weighted by Gasteiger charge is -2.13. The molecular weight excluding hydrogens is 890 g/mol. The molecule has 0 aliphatic heterocycles. The van der Waals surface area contributed by atoms with Crippen LogP contribution in [-0.2, 0) is 54.8 Å². The average molecular weight is 939 g/mol. The number of carbonyl (C=O) groups is 2. The summed E-state index contributed by atoms with van der Waals surface area (Å²) in [5, 5.41) is 18.5. The topological polar surface area (TPSA) is 184 Å². The number of aliphatic carboxylic acids is 2. The van der Waals surface area contributed by atoms with Crippen LogP contribution < -0.4 is 19.9 Å². The summed E-state index contributed by atoms with van der Waals surface area (Å²) < 4.78 is 49.8. The summed E-state index contributed by atoms with van der Waals surface area (Å²) in [5.41, 5.74) is 10.6. The number of rotatable bonds is 21. The Morgan fingerprint density at radius 2 is 1.02 bits per heavy atom. The van der Waals surface area contributed by atoms with E-state index in [9.17, 15) is 23.1 Å². The van der Waals surface area contributed by atoms with Crippen LogP contribution in [0.15, 0.2) is 114 Å². The van der Waals surface area contributed by atoms with Gasteiger partial charge in [0.05, 0.1) is 28.3 Å². The molecule has 17 heteroatoms. The summed E-state index contributed by atoms with van der Waals surface area (Å²) in [6.07, 6.45) is 0.320. The summed E-state index contributed by atoms with van der Waals surface area (Å²) in [6, 6.07) is 31.7. The standard InChI is InChI=1S/C25H24Cl3NO6S.C19H23NO4.ClH/c1-2-34-23(25(30)31)13-17-5-9-19(10-6-17)35-12-11-16-3-7-18(8-4-16)29-36(32,33)24-15-21(27)20(26)14-22(24)28;1-2-23-18(19(21)22)13-15-5-9-17(10-6-15)24-12-11-14-3-7-16(20)8-4-14;/h3-10,14-15,23,29H,2,11-13H2,1H3,(H,30,31);3-10,18H,2,11-13,20H2,1H3,(H,21,22);1H/t23-;18-;/m00./s1. The number of halogens is 4. The van der Waals surface area contributed by atoms with Crippen molar-refractivity contribution < 1.29 is 47.2 Å². The lowest BCUT2D eigenvalue weighted by molar-refractivity contribution is -0.150. The molecule has 0 aliphatic rings. The van der Waals surface area contributed by atoms with Gasteiger partial charge in [-0.3, -0.25) is 4.72 Å². The van der Waals surface area contributed by atoms with E-state index < -0.39 is 34.2 Å². The van der Waals surface area contributed by atoms with E-state index in [0.29, 0.717) is 50.7 Å². The van der Waals surface area contributed by atoms with Crippen LogP contribution in [0.2, 0.25) is 15.1 Å². The van der Waals surface area contributed by atoms with E-state index in [2.05, 4.69) is 4.72 Å². The number of nitrogens with one attached hydrogen (secondary N) is 1. The number of benzene rings is 5. The molecule has 12 nitrogen and oxygen atoms in total. The van der Waals surface area contributed by atoms with Crippen molar-refractivity contribution in [3.05, 3.63) is 147 Å². The van der Waals surface area contributed by atoms with Crippen molar-refractivity contribution >= 4 is 80.5 Å². The zero-order valence-corrected chi connectivity index (χ0v) is 37.3. The Morgan fingerprint density at radius 1 is 0.623 bits per heavy atom. The maximum absolute atomic E-state index is 12.7. The van der Waals surface area contributed by atoms with Gasteiger partial charge >= 0.3 is 11.9 Å². The summed E-state index contributed by atoms with van der Waals surface area (Å²) in [4.78, 5) is 22.2. The number of sulfonamides is 1. The fraction of sp³-hybridized carbons (Fsp3) is 0.273. The fourth-order valence-corrected chi connectivity index (χ4v) is 7.69. The number of carboxylic acid groups (broad SMARTS) is 2. The Kier molecular flexibility index (Phi) is 21.0. The van der Waals surface area contributed by atoms with Gasteiger partial charge in [-0.15, -0.1) is 12.4 Å². The van der Waals surface area contributed by atoms with Gasteiger partial charge in [-0.1, -0.05) is 83.3 Å². The molecule has 2 atom stereocenters. The van der Waals surface area contributed by atoms with E-state index in [1.54, 1.807) is 50.2 Å². The molecular formula is C44H48Cl4N2O10S. The predicted octanol–water partition coefficient (Wildman–Crippen LogP) is 9.45. The van der Waals surface area contributed by atoms with Gasteiger partial charge in [-0.2, -0.15) is 0 Å². The number of nitrogens with two attached hydrogens (primary N) is 1. The van der Waals surface area contributed by atoms with E-state index in [0.717, 1.165) is 34.5 Å². The molecule has 5 aromatic rings. The Morgan fingerprint density at radius 3 is 1.43 bits per heavy atom. The molecule has 0 aromatic heterocycles. The first-order chi connectivity index (χ1) is 28.7. The minimum absolute atomic E-state index is 0. The third-order valence-corrected chi connectivity index (χ3v) is 11.3. The van der Waals surface area contributed by atoms with Gasteiger partial charge in [0.1, 0.15) is 16.4 Å². The molecule has 5 aromatic carbocycles. The fourth-order valence-electron chi connectivity index (χ4n) is 5.63. The molecule has 0 spiro atoms. The van der Waals surface area contributed by atoms with Gasteiger partial charge in [0.25, 0.3) is 10.0 Å². The number of anilines is 2. The quantitative estimate of drug-likeness (QED) is 0.0406. The van der Waals surface area contributed by atoms with Crippen molar-refractivity contribution in [3.63, 3.8) is 0 Å². The van der Waals surface area contributed by atoms with Crippen LogP contribution in [0, 0.1) is 0 Å². The zero-order chi connectivity index (χ0) is 43.7. The Balaban J connectivity index is 0.000000346. The molecule has 328 valence electrons. The first-order valence-corrected chi connectivity index (χ1v) is 21.5. The van der Waals surface area contributed by atoms with Crippen LogP contribution in [0.5, 0.6) is 11.5 Å². The second-order valence-electron chi connectivity index (χ2n) is 13.2. The Labute approximate surface area is 377 Å². The second-order valence-corrected chi connectivity index (χ2v) is 16.1. The number of ether oxygens (including phenoxy) is 4. The highest BCUT2D eigenvalue weighted by Gasteiger charge is 2.21. The van der Waals surface area contributed by atoms with Gasteiger partial charge in [0, 0.05) is 50.3 Å². The molecule has 0 aliphatic carbocycles. The molecule has 0 saturated heterocycles. The number of hydrogen-bond acceptors (Lipinski definition) is 9. The third-order valence-electron chi connectivity index (χ3n) is 8.74. The number of hydrogen-bond donors (Lipinski definition) is 4. The molecule has 0 amide bonds. The Hall–Kier alpha value is -4.73. The van der Waals surface area contributed by atoms with Crippen LogP contribution in [0.25, 0.3) is 0 Å². The maximum Gasteiger partial charge on any atom is 0.333 e. The summed E-state index contributed by atoms with van der Waals surface area (Å²) in [6.45, 7) is 5.22. The van der Waals surface area contributed by atoms with E-state index in [4.69, 9.17) is 64.6 Å². The molecule has 0 saturated carbocycles. The second kappa shape index (κ2) is 25.3. The summed E-state index contributed by atoms with van der Waals surface area (Å²) in [5.74, 6) is -0.516. The van der Waals surface area contributed by atoms with Crippen LogP contribution in [0.1, 0.15) is 36.1 Å². The predicted molar refractivity (Wildman–Crippen MR) is 242 cm³/mol. The van der Waals surface area contributed by atoms with E-state index in [-0.39, 0.29) is 38.8 Å². The third kappa shape index (κ3) is 16.9. The highest BCUT2D eigenvalue weighted by molar-refractivity contribution is 7.92. The van der Waals surface area contributed by atoms with Gasteiger partial charge in [0.15, 0.2) is 12.2 Å². The lowest BCUT2D eigenvalue weighted by Crippen LogP contribution is -2.26. The van der Waals surface area contributed by atoms with Crippen molar-refractivity contribution in [2.75, 3.05) is 36.9 Å². The largest absolute Gasteiger partial charge is 0.493 e. The van der Waals surface area contributed by atoms with Crippen LogP contribution in [0.4, 0.5) is 11.4 Å². The molecule has 0 radical (unpaired) electrons. The zero-order valence-electron chi connectivity index (χ0n) is 33.4. The average Bonchev–Trinajstić information content (AvgIpc) is 3.21. The molecule has 61 heavy (non-hydrogen) atoms. The molecule has 5 rings (SSSR count). The summed E-state index contributed by atoms with van der Waals surface area (Å²) in [7, 11) is -3.96. The van der Waals surface area contributed by atoms with Gasteiger partial charge < -0.3 is 34.9 Å². The minimum atomic E-state index is -3.96. The highest BCUT2D eigenvalue weighted by atomic mass is 35.5. The smallest absolute Gasteiger partial charge is 0.333 e. The lowest BCUT2D eigenvalue weighted by atomic mass is 10.1. The van der Waals surface area contributed by atoms with Gasteiger partial charge in [0.2, 0.25) is 0 Å². The molecule has 0 unspecified atom stereocenters. The van der Waals surface area contributed by atoms with Crippen molar-refractivity contribution in [3.8, 4) is 11.5 Å². The van der Waals surface area contributed by atoms with E-state index in [1.165, 1.54) is 17.7 Å². The van der Waals surface area contributed by atoms with Crippen molar-refractivity contribution in [2.45, 2.75) is 56.6 Å². The first kappa shape index (κ1) is 50.6. The van der Waals surface area contributed by atoms with Gasteiger partial charge in [-0.25, -0.2) is 18.0 Å². The first-order valence-electron chi connectivity index (χ1n) is 18.9. The monoisotopic (exact) mass is 936 g/mol.